The third kappa shape index (κ3) is 3.96. The van der Waals surface area contributed by atoms with Crippen molar-refractivity contribution < 1.29 is 0 Å². The third-order valence-electron chi connectivity index (χ3n) is 4.57. The molecule has 0 aromatic heterocycles. The molecule has 1 saturated heterocycles. The summed E-state index contributed by atoms with van der Waals surface area (Å²) in [6, 6.07) is 0. The lowest BCUT2D eigenvalue weighted by molar-refractivity contribution is 0.162. The molecule has 0 unspecified atom stereocenters. The van der Waals surface area contributed by atoms with Gasteiger partial charge in [-0.15, -0.1) is 0 Å². The van der Waals surface area contributed by atoms with E-state index in [0.29, 0.717) is 5.54 Å². The third-order valence-corrected chi connectivity index (χ3v) is 4.57. The van der Waals surface area contributed by atoms with Crippen LogP contribution >= 0.6 is 0 Å². The van der Waals surface area contributed by atoms with E-state index < -0.39 is 0 Å². The van der Waals surface area contributed by atoms with Gasteiger partial charge in [0.05, 0.1) is 0 Å². The Morgan fingerprint density at radius 3 is 2.65 bits per heavy atom. The van der Waals surface area contributed by atoms with Crippen molar-refractivity contribution in [3.8, 4) is 0 Å². The highest BCUT2D eigenvalue weighted by molar-refractivity contribution is 4.95. The second-order valence-corrected chi connectivity index (χ2v) is 6.10. The number of nitrogens with one attached hydrogen (secondary N) is 1. The monoisotopic (exact) mass is 238 g/mol. The molecule has 0 aromatic carbocycles. The molecule has 1 N–H and O–H groups in total. The van der Waals surface area contributed by atoms with Crippen LogP contribution < -0.4 is 5.32 Å². The molecule has 2 rings (SSSR count). The molecule has 1 aliphatic heterocycles. The zero-order chi connectivity index (χ0) is 12.0. The predicted octanol–water partition coefficient (Wildman–Crippen LogP) is 3.17. The molecule has 2 nitrogen and oxygen atoms in total. The van der Waals surface area contributed by atoms with Crippen molar-refractivity contribution in [3.63, 3.8) is 0 Å². The molecule has 0 bridgehead atoms. The summed E-state index contributed by atoms with van der Waals surface area (Å²) in [5.41, 5.74) is 0.487. The zero-order valence-electron chi connectivity index (χ0n) is 11.6. The summed E-state index contributed by atoms with van der Waals surface area (Å²) in [5, 5.41) is 3.88. The molecule has 0 amide bonds. The SMILES string of the molecule is CCCCCN1CCCNC2(CCCCC2)C1. The van der Waals surface area contributed by atoms with Crippen LogP contribution in [0.15, 0.2) is 0 Å². The molecule has 17 heavy (non-hydrogen) atoms. The van der Waals surface area contributed by atoms with E-state index in [-0.39, 0.29) is 0 Å². The van der Waals surface area contributed by atoms with Crippen molar-refractivity contribution in [2.75, 3.05) is 26.2 Å². The average molecular weight is 238 g/mol. The summed E-state index contributed by atoms with van der Waals surface area (Å²) in [6.45, 7) is 7.50. The molecule has 1 spiro atoms. The van der Waals surface area contributed by atoms with Gasteiger partial charge in [0, 0.05) is 12.1 Å². The second kappa shape index (κ2) is 6.75. The zero-order valence-corrected chi connectivity index (χ0v) is 11.6. The van der Waals surface area contributed by atoms with E-state index in [2.05, 4.69) is 17.1 Å². The fourth-order valence-corrected chi connectivity index (χ4v) is 3.56. The molecule has 1 heterocycles. The van der Waals surface area contributed by atoms with Crippen LogP contribution in [0.4, 0.5) is 0 Å². The normalized spacial score (nSPS) is 25.9. The molecular weight excluding hydrogens is 208 g/mol. The van der Waals surface area contributed by atoms with Gasteiger partial charge in [-0.05, 0) is 45.3 Å². The first kappa shape index (κ1) is 13.4. The minimum absolute atomic E-state index is 0.487. The number of hydrogen-bond donors (Lipinski definition) is 1. The smallest absolute Gasteiger partial charge is 0.0308 e. The van der Waals surface area contributed by atoms with Crippen molar-refractivity contribution in [1.29, 1.82) is 0 Å². The molecular formula is C15H30N2. The Kier molecular flexibility index (Phi) is 5.30. The Bertz CT molecular complexity index is 209. The minimum atomic E-state index is 0.487. The molecule has 2 aliphatic rings. The Hall–Kier alpha value is -0.0800. The van der Waals surface area contributed by atoms with Crippen molar-refractivity contribution in [3.05, 3.63) is 0 Å². The number of rotatable bonds is 4. The lowest BCUT2D eigenvalue weighted by Gasteiger charge is -2.40. The predicted molar refractivity (Wildman–Crippen MR) is 74.4 cm³/mol. The lowest BCUT2D eigenvalue weighted by atomic mass is 9.81. The Balaban J connectivity index is 1.85. The minimum Gasteiger partial charge on any atom is -0.310 e. The standard InChI is InChI=1S/C15H30N2/c1-2-3-7-12-17-13-8-11-16-15(14-17)9-5-4-6-10-15/h16H,2-14H2,1H3. The van der Waals surface area contributed by atoms with Crippen molar-refractivity contribution >= 4 is 0 Å². The van der Waals surface area contributed by atoms with Gasteiger partial charge in [-0.1, -0.05) is 39.0 Å². The van der Waals surface area contributed by atoms with Crippen LogP contribution in [-0.4, -0.2) is 36.6 Å². The summed E-state index contributed by atoms with van der Waals surface area (Å²) < 4.78 is 0. The number of unbranched alkanes of at least 4 members (excludes halogenated alkanes) is 2. The van der Waals surface area contributed by atoms with E-state index in [0.717, 1.165) is 0 Å². The highest BCUT2D eigenvalue weighted by atomic mass is 15.2. The molecule has 1 saturated carbocycles. The first-order valence-corrected chi connectivity index (χ1v) is 7.82. The van der Waals surface area contributed by atoms with Gasteiger partial charge in [0.15, 0.2) is 0 Å². The van der Waals surface area contributed by atoms with Crippen LogP contribution in [-0.2, 0) is 0 Å². The van der Waals surface area contributed by atoms with E-state index in [4.69, 9.17) is 0 Å². The molecule has 2 fully saturated rings. The quantitative estimate of drug-likeness (QED) is 0.757. The Morgan fingerprint density at radius 2 is 1.88 bits per heavy atom. The Morgan fingerprint density at radius 1 is 1.06 bits per heavy atom. The fourth-order valence-electron chi connectivity index (χ4n) is 3.56. The number of hydrogen-bond acceptors (Lipinski definition) is 2. The van der Waals surface area contributed by atoms with Crippen molar-refractivity contribution in [1.82, 2.24) is 10.2 Å². The molecule has 0 radical (unpaired) electrons. The van der Waals surface area contributed by atoms with Crippen LogP contribution in [0.2, 0.25) is 0 Å². The van der Waals surface area contributed by atoms with Crippen molar-refractivity contribution in [2.24, 2.45) is 0 Å². The van der Waals surface area contributed by atoms with E-state index in [9.17, 15) is 0 Å². The maximum atomic E-state index is 3.88. The molecule has 2 heteroatoms. The average Bonchev–Trinajstić information content (AvgIpc) is 2.54. The highest BCUT2D eigenvalue weighted by Gasteiger charge is 2.34. The molecule has 100 valence electrons. The van der Waals surface area contributed by atoms with Crippen LogP contribution in [0.3, 0.4) is 0 Å². The highest BCUT2D eigenvalue weighted by Crippen LogP contribution is 2.30. The van der Waals surface area contributed by atoms with Gasteiger partial charge in [-0.2, -0.15) is 0 Å². The Labute approximate surface area is 107 Å². The van der Waals surface area contributed by atoms with Gasteiger partial charge in [-0.3, -0.25) is 0 Å². The van der Waals surface area contributed by atoms with E-state index >= 15 is 0 Å². The lowest BCUT2D eigenvalue weighted by Crippen LogP contribution is -2.52. The second-order valence-electron chi connectivity index (χ2n) is 6.10. The van der Waals surface area contributed by atoms with Crippen LogP contribution in [0.25, 0.3) is 0 Å². The maximum Gasteiger partial charge on any atom is 0.0308 e. The van der Waals surface area contributed by atoms with Crippen LogP contribution in [0, 0.1) is 0 Å². The van der Waals surface area contributed by atoms with E-state index in [1.807, 2.05) is 0 Å². The van der Waals surface area contributed by atoms with Crippen LogP contribution in [0.1, 0.15) is 64.7 Å². The topological polar surface area (TPSA) is 15.3 Å². The van der Waals surface area contributed by atoms with Gasteiger partial charge >= 0.3 is 0 Å². The first-order valence-electron chi connectivity index (χ1n) is 7.82. The summed E-state index contributed by atoms with van der Waals surface area (Å²) in [5.74, 6) is 0. The summed E-state index contributed by atoms with van der Waals surface area (Å²) >= 11 is 0. The molecule has 0 aromatic rings. The van der Waals surface area contributed by atoms with Gasteiger partial charge < -0.3 is 10.2 Å². The molecule has 0 atom stereocenters. The van der Waals surface area contributed by atoms with Gasteiger partial charge in [-0.25, -0.2) is 0 Å². The number of nitrogens with zero attached hydrogens (tertiary/aromatic N) is 1. The fraction of sp³-hybridized carbons (Fsp3) is 1.00. The van der Waals surface area contributed by atoms with Gasteiger partial charge in [0.25, 0.3) is 0 Å². The first-order chi connectivity index (χ1) is 8.35. The van der Waals surface area contributed by atoms with E-state index in [1.165, 1.54) is 84.0 Å². The van der Waals surface area contributed by atoms with Crippen LogP contribution in [0.5, 0.6) is 0 Å². The summed E-state index contributed by atoms with van der Waals surface area (Å²) in [6.07, 6.45) is 12.6. The summed E-state index contributed by atoms with van der Waals surface area (Å²) in [7, 11) is 0. The van der Waals surface area contributed by atoms with Gasteiger partial charge in [0.1, 0.15) is 0 Å². The maximum absolute atomic E-state index is 3.88. The van der Waals surface area contributed by atoms with E-state index in [1.54, 1.807) is 0 Å². The van der Waals surface area contributed by atoms with Gasteiger partial charge in [0.2, 0.25) is 0 Å². The molecule has 1 aliphatic carbocycles. The largest absolute Gasteiger partial charge is 0.310 e. The summed E-state index contributed by atoms with van der Waals surface area (Å²) in [4.78, 5) is 2.74. The van der Waals surface area contributed by atoms with Crippen molar-refractivity contribution in [2.45, 2.75) is 70.3 Å².